The van der Waals surface area contributed by atoms with Crippen LogP contribution >= 0.6 is 34.4 Å². The molecule has 0 fully saturated rings. The molecule has 0 bridgehead atoms. The Hall–Kier alpha value is -1.79. The zero-order valence-electron chi connectivity index (χ0n) is 14.8. The van der Waals surface area contributed by atoms with Crippen molar-refractivity contribution in [1.29, 1.82) is 0 Å². The lowest BCUT2D eigenvalue weighted by Gasteiger charge is -2.11. The van der Waals surface area contributed by atoms with Crippen molar-refractivity contribution >= 4 is 45.9 Å². The van der Waals surface area contributed by atoms with E-state index < -0.39 is 0 Å². The number of thioether (sulfide) groups is 1. The first-order valence-corrected chi connectivity index (χ1v) is 10.4. The summed E-state index contributed by atoms with van der Waals surface area (Å²) >= 11 is 4.02. The van der Waals surface area contributed by atoms with E-state index in [0.717, 1.165) is 26.1 Å². The maximum Gasteiger partial charge on any atom is 0.256 e. The van der Waals surface area contributed by atoms with Gasteiger partial charge in [-0.2, -0.15) is 0 Å². The monoisotopic (exact) mass is 473 g/mol. The molecule has 0 saturated heterocycles. The van der Waals surface area contributed by atoms with Crippen LogP contribution in [0.4, 0.5) is 5.69 Å². The van der Waals surface area contributed by atoms with Crippen molar-refractivity contribution in [3.8, 4) is 0 Å². The fourth-order valence-electron chi connectivity index (χ4n) is 2.63. The maximum atomic E-state index is 12.6. The van der Waals surface area contributed by atoms with Gasteiger partial charge in [-0.3, -0.25) is 4.79 Å². The van der Waals surface area contributed by atoms with E-state index in [4.69, 9.17) is 0 Å². The van der Waals surface area contributed by atoms with Gasteiger partial charge in [0.2, 0.25) is 0 Å². The fourth-order valence-corrected chi connectivity index (χ4v) is 4.41. The SMILES string of the molecule is Cc1ccc(C(=O)Nc2ccc(CSc3ccccc3)cc2C)c(I)c1. The lowest BCUT2D eigenvalue weighted by atomic mass is 10.1. The highest BCUT2D eigenvalue weighted by Gasteiger charge is 2.11. The Morgan fingerprint density at radius 3 is 2.46 bits per heavy atom. The quantitative estimate of drug-likeness (QED) is 0.341. The third kappa shape index (κ3) is 4.89. The van der Waals surface area contributed by atoms with Crippen LogP contribution in [0, 0.1) is 17.4 Å². The number of halogens is 1. The molecule has 4 heteroatoms. The minimum atomic E-state index is -0.0658. The number of carbonyl (C=O) groups excluding carboxylic acids is 1. The summed E-state index contributed by atoms with van der Waals surface area (Å²) in [5.74, 6) is 0.846. The summed E-state index contributed by atoms with van der Waals surface area (Å²) in [6.45, 7) is 4.06. The number of rotatable bonds is 5. The van der Waals surface area contributed by atoms with Gasteiger partial charge in [-0.05, 0) is 77.9 Å². The second-order valence-corrected chi connectivity index (χ2v) is 8.40. The zero-order valence-corrected chi connectivity index (χ0v) is 17.7. The summed E-state index contributed by atoms with van der Waals surface area (Å²) < 4.78 is 0.966. The van der Waals surface area contributed by atoms with Gasteiger partial charge in [-0.1, -0.05) is 42.0 Å². The summed E-state index contributed by atoms with van der Waals surface area (Å²) in [6, 6.07) is 22.5. The van der Waals surface area contributed by atoms with Gasteiger partial charge in [0, 0.05) is 19.9 Å². The molecule has 26 heavy (non-hydrogen) atoms. The number of aryl methyl sites for hydroxylation is 2. The first-order chi connectivity index (χ1) is 12.5. The largest absolute Gasteiger partial charge is 0.322 e. The predicted molar refractivity (Wildman–Crippen MR) is 119 cm³/mol. The van der Waals surface area contributed by atoms with E-state index in [2.05, 4.69) is 64.3 Å². The molecule has 3 rings (SSSR count). The zero-order chi connectivity index (χ0) is 18.5. The predicted octanol–water partition coefficient (Wildman–Crippen LogP) is 6.45. The van der Waals surface area contributed by atoms with E-state index in [0.29, 0.717) is 5.56 Å². The van der Waals surface area contributed by atoms with Crippen molar-refractivity contribution in [2.24, 2.45) is 0 Å². The Balaban J connectivity index is 1.68. The average molecular weight is 473 g/mol. The molecular formula is C22H20INOS. The van der Waals surface area contributed by atoms with Crippen LogP contribution in [0.15, 0.2) is 71.6 Å². The topological polar surface area (TPSA) is 29.1 Å². The molecule has 2 nitrogen and oxygen atoms in total. The van der Waals surface area contributed by atoms with Gasteiger partial charge in [-0.25, -0.2) is 0 Å². The Morgan fingerprint density at radius 2 is 1.77 bits per heavy atom. The van der Waals surface area contributed by atoms with Gasteiger partial charge in [0.25, 0.3) is 5.91 Å². The van der Waals surface area contributed by atoms with Crippen LogP contribution in [0.1, 0.15) is 27.0 Å². The molecule has 0 aliphatic rings. The minimum Gasteiger partial charge on any atom is -0.322 e. The number of hydrogen-bond donors (Lipinski definition) is 1. The van der Waals surface area contributed by atoms with Gasteiger partial charge >= 0.3 is 0 Å². The van der Waals surface area contributed by atoms with E-state index in [1.54, 1.807) is 0 Å². The first kappa shape index (κ1) is 19.0. The molecule has 0 heterocycles. The van der Waals surface area contributed by atoms with E-state index in [-0.39, 0.29) is 5.91 Å². The second kappa shape index (κ2) is 8.73. The molecule has 0 spiro atoms. The lowest BCUT2D eigenvalue weighted by Crippen LogP contribution is -2.14. The number of anilines is 1. The van der Waals surface area contributed by atoms with Crippen LogP contribution in [-0.4, -0.2) is 5.91 Å². The van der Waals surface area contributed by atoms with E-state index in [9.17, 15) is 4.79 Å². The van der Waals surface area contributed by atoms with Crippen molar-refractivity contribution in [3.05, 3.63) is 92.6 Å². The third-order valence-corrected chi connectivity index (χ3v) is 6.03. The van der Waals surface area contributed by atoms with Gasteiger partial charge in [0.05, 0.1) is 5.56 Å². The fraction of sp³-hybridized carbons (Fsp3) is 0.136. The molecule has 0 aliphatic carbocycles. The van der Waals surface area contributed by atoms with Gasteiger partial charge < -0.3 is 5.32 Å². The third-order valence-electron chi connectivity index (χ3n) is 4.06. The Morgan fingerprint density at radius 1 is 1.00 bits per heavy atom. The van der Waals surface area contributed by atoms with Crippen molar-refractivity contribution in [2.45, 2.75) is 24.5 Å². The Kier molecular flexibility index (Phi) is 6.38. The molecule has 0 atom stereocenters. The van der Waals surface area contributed by atoms with E-state index in [1.807, 2.05) is 55.9 Å². The molecule has 0 radical (unpaired) electrons. The number of carbonyl (C=O) groups is 1. The molecule has 0 unspecified atom stereocenters. The summed E-state index contributed by atoms with van der Waals surface area (Å²) in [5.41, 5.74) is 5.05. The summed E-state index contributed by atoms with van der Waals surface area (Å²) in [7, 11) is 0. The number of nitrogens with one attached hydrogen (secondary N) is 1. The molecule has 3 aromatic rings. The molecular weight excluding hydrogens is 453 g/mol. The van der Waals surface area contributed by atoms with Crippen LogP contribution in [-0.2, 0) is 5.75 Å². The van der Waals surface area contributed by atoms with Crippen molar-refractivity contribution in [1.82, 2.24) is 0 Å². The minimum absolute atomic E-state index is 0.0658. The summed E-state index contributed by atoms with van der Waals surface area (Å²) in [6.07, 6.45) is 0. The van der Waals surface area contributed by atoms with Crippen LogP contribution in [0.3, 0.4) is 0 Å². The number of hydrogen-bond acceptors (Lipinski definition) is 2. The Bertz CT molecular complexity index is 925. The highest BCUT2D eigenvalue weighted by Crippen LogP contribution is 2.25. The molecule has 0 aromatic heterocycles. The number of amides is 1. The van der Waals surface area contributed by atoms with Gasteiger partial charge in [0.15, 0.2) is 0 Å². The maximum absolute atomic E-state index is 12.6. The van der Waals surface area contributed by atoms with Gasteiger partial charge in [-0.15, -0.1) is 11.8 Å². The van der Waals surface area contributed by atoms with Crippen molar-refractivity contribution in [3.63, 3.8) is 0 Å². The van der Waals surface area contributed by atoms with Crippen LogP contribution < -0.4 is 5.32 Å². The van der Waals surface area contributed by atoms with Crippen LogP contribution in [0.2, 0.25) is 0 Å². The molecule has 0 aliphatic heterocycles. The summed E-state index contributed by atoms with van der Waals surface area (Å²) in [5, 5.41) is 3.04. The first-order valence-electron chi connectivity index (χ1n) is 8.38. The smallest absolute Gasteiger partial charge is 0.256 e. The van der Waals surface area contributed by atoms with Crippen molar-refractivity contribution in [2.75, 3.05) is 5.32 Å². The average Bonchev–Trinajstić information content (AvgIpc) is 2.63. The van der Waals surface area contributed by atoms with Crippen LogP contribution in [0.25, 0.3) is 0 Å². The molecule has 1 amide bonds. The lowest BCUT2D eigenvalue weighted by molar-refractivity contribution is 0.102. The van der Waals surface area contributed by atoms with Gasteiger partial charge in [0.1, 0.15) is 0 Å². The highest BCUT2D eigenvalue weighted by atomic mass is 127. The second-order valence-electron chi connectivity index (χ2n) is 6.19. The number of benzene rings is 3. The molecule has 132 valence electrons. The van der Waals surface area contributed by atoms with Crippen LogP contribution in [0.5, 0.6) is 0 Å². The summed E-state index contributed by atoms with van der Waals surface area (Å²) in [4.78, 5) is 13.8. The van der Waals surface area contributed by atoms with Crippen molar-refractivity contribution < 1.29 is 4.79 Å². The Labute approximate surface area is 172 Å². The van der Waals surface area contributed by atoms with E-state index >= 15 is 0 Å². The standard InChI is InChI=1S/C22H20INOS/c1-15-8-10-19(20(23)12-15)22(25)24-21-11-9-17(13-16(21)2)14-26-18-6-4-3-5-7-18/h3-13H,14H2,1-2H3,(H,24,25). The molecule has 0 saturated carbocycles. The molecule has 3 aromatic carbocycles. The molecule has 1 N–H and O–H groups in total. The van der Waals surface area contributed by atoms with E-state index in [1.165, 1.54) is 10.5 Å². The highest BCUT2D eigenvalue weighted by molar-refractivity contribution is 14.1. The normalized spacial score (nSPS) is 10.6.